The van der Waals surface area contributed by atoms with Crippen molar-refractivity contribution >= 4 is 21.6 Å². The van der Waals surface area contributed by atoms with Gasteiger partial charge in [-0.3, -0.25) is 9.10 Å². The monoisotopic (exact) mass is 356 g/mol. The van der Waals surface area contributed by atoms with Gasteiger partial charge in [0.15, 0.2) is 0 Å². The second kappa shape index (κ2) is 8.37. The van der Waals surface area contributed by atoms with Crippen molar-refractivity contribution in [1.82, 2.24) is 5.32 Å². The maximum Gasteiger partial charge on any atom is 0.243 e. The summed E-state index contributed by atoms with van der Waals surface area (Å²) in [6, 6.07) is 5.78. The summed E-state index contributed by atoms with van der Waals surface area (Å²) in [7, 11) is -3.61. The lowest BCUT2D eigenvalue weighted by molar-refractivity contribution is -0.122. The number of nitrogens with one attached hydrogen (secondary N) is 1. The number of hydrogen-bond donors (Lipinski definition) is 1. The lowest BCUT2D eigenvalue weighted by Gasteiger charge is -2.30. The van der Waals surface area contributed by atoms with Gasteiger partial charge >= 0.3 is 0 Å². The molecule has 0 spiro atoms. The largest absolute Gasteiger partial charge is 0.494 e. The molecule has 1 aromatic rings. The molecule has 0 fully saturated rings. The van der Waals surface area contributed by atoms with Gasteiger partial charge in [0, 0.05) is 6.04 Å². The van der Waals surface area contributed by atoms with Crippen LogP contribution in [-0.4, -0.2) is 39.3 Å². The van der Waals surface area contributed by atoms with Crippen LogP contribution in [0.25, 0.3) is 0 Å². The van der Waals surface area contributed by atoms with Gasteiger partial charge in [-0.1, -0.05) is 13.8 Å². The highest BCUT2D eigenvalue weighted by Gasteiger charge is 2.30. The van der Waals surface area contributed by atoms with Crippen molar-refractivity contribution in [2.45, 2.75) is 46.7 Å². The first-order chi connectivity index (χ1) is 11.1. The number of carbonyl (C=O) groups is 1. The van der Waals surface area contributed by atoms with E-state index in [0.717, 1.165) is 10.6 Å². The molecule has 0 heterocycles. The van der Waals surface area contributed by atoms with Crippen LogP contribution < -0.4 is 14.4 Å². The lowest BCUT2D eigenvalue weighted by Crippen LogP contribution is -2.50. The van der Waals surface area contributed by atoms with Crippen LogP contribution in [0.1, 0.15) is 34.6 Å². The summed E-state index contributed by atoms with van der Waals surface area (Å²) in [4.78, 5) is 12.4. The molecule has 0 saturated heterocycles. The average molecular weight is 356 g/mol. The van der Waals surface area contributed by atoms with Gasteiger partial charge in [0.2, 0.25) is 15.9 Å². The Kier molecular flexibility index (Phi) is 7.08. The Morgan fingerprint density at radius 1 is 1.17 bits per heavy atom. The van der Waals surface area contributed by atoms with E-state index in [1.807, 2.05) is 27.7 Å². The molecule has 24 heavy (non-hydrogen) atoms. The van der Waals surface area contributed by atoms with Gasteiger partial charge in [-0.15, -0.1) is 0 Å². The molecule has 0 saturated carbocycles. The fraction of sp³-hybridized carbons (Fsp3) is 0.588. The van der Waals surface area contributed by atoms with Crippen molar-refractivity contribution in [3.8, 4) is 5.75 Å². The van der Waals surface area contributed by atoms with Gasteiger partial charge in [-0.25, -0.2) is 8.42 Å². The first kappa shape index (κ1) is 20.3. The number of rotatable bonds is 8. The van der Waals surface area contributed by atoms with Crippen LogP contribution >= 0.6 is 0 Å². The summed E-state index contributed by atoms with van der Waals surface area (Å²) in [5, 5.41) is 2.86. The van der Waals surface area contributed by atoms with Crippen LogP contribution in [0.5, 0.6) is 5.75 Å². The maximum absolute atomic E-state index is 12.4. The number of carbonyl (C=O) groups excluding carboxylic acids is 1. The van der Waals surface area contributed by atoms with Gasteiger partial charge in [0.1, 0.15) is 11.8 Å². The van der Waals surface area contributed by atoms with E-state index in [1.165, 1.54) is 0 Å². The van der Waals surface area contributed by atoms with E-state index >= 15 is 0 Å². The Labute approximate surface area is 145 Å². The number of nitrogens with zero attached hydrogens (tertiary/aromatic N) is 1. The molecule has 0 aromatic heterocycles. The molecule has 0 aliphatic carbocycles. The Morgan fingerprint density at radius 3 is 2.12 bits per heavy atom. The van der Waals surface area contributed by atoms with Crippen molar-refractivity contribution in [1.29, 1.82) is 0 Å². The van der Waals surface area contributed by atoms with Gasteiger partial charge in [0.25, 0.3) is 0 Å². The normalized spacial score (nSPS) is 14.1. The first-order valence-electron chi connectivity index (χ1n) is 8.10. The van der Waals surface area contributed by atoms with Crippen LogP contribution in [-0.2, 0) is 14.8 Å². The summed E-state index contributed by atoms with van der Waals surface area (Å²) in [6.07, 6.45) is 1.10. The molecule has 0 bridgehead atoms. The first-order valence-corrected chi connectivity index (χ1v) is 9.95. The Morgan fingerprint density at radius 2 is 1.71 bits per heavy atom. The maximum atomic E-state index is 12.4. The molecule has 7 heteroatoms. The topological polar surface area (TPSA) is 75.7 Å². The van der Waals surface area contributed by atoms with E-state index in [4.69, 9.17) is 4.74 Å². The molecule has 2 atom stereocenters. The summed E-state index contributed by atoms with van der Waals surface area (Å²) in [5.74, 6) is 0.592. The molecule has 1 aromatic carbocycles. The summed E-state index contributed by atoms with van der Waals surface area (Å²) < 4.78 is 30.9. The third-order valence-electron chi connectivity index (χ3n) is 3.86. The van der Waals surface area contributed by atoms with Crippen molar-refractivity contribution in [3.05, 3.63) is 24.3 Å². The number of sulfonamides is 1. The third-order valence-corrected chi connectivity index (χ3v) is 5.10. The zero-order chi connectivity index (χ0) is 18.5. The van der Waals surface area contributed by atoms with E-state index in [9.17, 15) is 13.2 Å². The molecule has 6 nitrogen and oxygen atoms in total. The van der Waals surface area contributed by atoms with E-state index in [-0.39, 0.29) is 17.9 Å². The number of benzene rings is 1. The van der Waals surface area contributed by atoms with Gasteiger partial charge in [-0.05, 0) is 51.0 Å². The molecule has 1 N–H and O–H groups in total. The predicted molar refractivity (Wildman–Crippen MR) is 96.8 cm³/mol. The van der Waals surface area contributed by atoms with Gasteiger partial charge in [0.05, 0.1) is 18.6 Å². The highest BCUT2D eigenvalue weighted by molar-refractivity contribution is 7.92. The van der Waals surface area contributed by atoms with Crippen molar-refractivity contribution in [2.24, 2.45) is 5.92 Å². The minimum absolute atomic E-state index is 0.0401. The van der Waals surface area contributed by atoms with Crippen LogP contribution in [0.4, 0.5) is 5.69 Å². The molecule has 1 amide bonds. The standard InChI is InChI=1S/C17H28N2O4S/c1-7-23-16-10-8-15(9-11-16)19(24(6,21)22)14(5)17(20)18-13(4)12(2)3/h8-14H,7H2,1-6H3,(H,18,20)/t13-,14-/m0/s1. The zero-order valence-corrected chi connectivity index (χ0v) is 16.1. The average Bonchev–Trinajstić information content (AvgIpc) is 2.47. The Bertz CT molecular complexity index is 641. The summed E-state index contributed by atoms with van der Waals surface area (Å²) in [6.45, 7) is 9.88. The van der Waals surface area contributed by atoms with Crippen LogP contribution in [0.2, 0.25) is 0 Å². The molecule has 1 rings (SSSR count). The molecular formula is C17H28N2O4S. The van der Waals surface area contributed by atoms with Crippen LogP contribution in [0.15, 0.2) is 24.3 Å². The van der Waals surface area contributed by atoms with Gasteiger partial charge < -0.3 is 10.1 Å². The van der Waals surface area contributed by atoms with E-state index in [2.05, 4.69) is 5.32 Å². The van der Waals surface area contributed by atoms with Crippen molar-refractivity contribution < 1.29 is 17.9 Å². The molecule has 0 radical (unpaired) electrons. The van der Waals surface area contributed by atoms with Crippen LogP contribution in [0.3, 0.4) is 0 Å². The fourth-order valence-electron chi connectivity index (χ4n) is 2.18. The smallest absolute Gasteiger partial charge is 0.243 e. The highest BCUT2D eigenvalue weighted by atomic mass is 32.2. The van der Waals surface area contributed by atoms with Crippen molar-refractivity contribution in [2.75, 3.05) is 17.2 Å². The Balaban J connectivity index is 3.07. The molecule has 0 aliphatic heterocycles. The molecular weight excluding hydrogens is 328 g/mol. The minimum Gasteiger partial charge on any atom is -0.494 e. The highest BCUT2D eigenvalue weighted by Crippen LogP contribution is 2.24. The second-order valence-corrected chi connectivity index (χ2v) is 8.06. The zero-order valence-electron chi connectivity index (χ0n) is 15.2. The number of amides is 1. The molecule has 0 aliphatic rings. The van der Waals surface area contributed by atoms with E-state index in [1.54, 1.807) is 31.2 Å². The quantitative estimate of drug-likeness (QED) is 0.776. The fourth-order valence-corrected chi connectivity index (χ4v) is 3.35. The minimum atomic E-state index is -3.61. The number of hydrogen-bond acceptors (Lipinski definition) is 4. The third kappa shape index (κ3) is 5.40. The lowest BCUT2D eigenvalue weighted by atomic mass is 10.1. The van der Waals surface area contributed by atoms with E-state index < -0.39 is 16.1 Å². The summed E-state index contributed by atoms with van der Waals surface area (Å²) >= 11 is 0. The Hall–Kier alpha value is -1.76. The van der Waals surface area contributed by atoms with E-state index in [0.29, 0.717) is 18.0 Å². The molecule has 0 unspecified atom stereocenters. The number of ether oxygens (including phenoxy) is 1. The second-order valence-electron chi connectivity index (χ2n) is 6.20. The summed E-state index contributed by atoms with van der Waals surface area (Å²) in [5.41, 5.74) is 0.431. The van der Waals surface area contributed by atoms with Crippen LogP contribution in [0, 0.1) is 5.92 Å². The predicted octanol–water partition coefficient (Wildman–Crippen LogP) is 2.40. The number of anilines is 1. The molecule has 136 valence electrons. The van der Waals surface area contributed by atoms with Crippen molar-refractivity contribution in [3.63, 3.8) is 0 Å². The SMILES string of the molecule is CCOc1ccc(N([C@@H](C)C(=O)N[C@@H](C)C(C)C)S(C)(=O)=O)cc1. The van der Waals surface area contributed by atoms with Gasteiger partial charge in [-0.2, -0.15) is 0 Å².